The van der Waals surface area contributed by atoms with Crippen LogP contribution in [-0.4, -0.2) is 12.1 Å². The van der Waals surface area contributed by atoms with Crippen LogP contribution in [0.5, 0.6) is 5.75 Å². The number of benzene rings is 1. The van der Waals surface area contributed by atoms with E-state index in [4.69, 9.17) is 9.72 Å². The Labute approximate surface area is 113 Å². The van der Waals surface area contributed by atoms with Crippen LogP contribution in [0.15, 0.2) is 29.6 Å². The van der Waals surface area contributed by atoms with E-state index in [0.29, 0.717) is 0 Å². The number of aromatic nitrogens is 1. The monoisotopic (exact) mass is 261 g/mol. The Morgan fingerprint density at radius 2 is 2.06 bits per heavy atom. The third-order valence-corrected chi connectivity index (χ3v) is 3.45. The second-order valence-electron chi connectivity index (χ2n) is 5.60. The molecule has 0 saturated carbocycles. The lowest BCUT2D eigenvalue weighted by atomic mass is 9.93. The van der Waals surface area contributed by atoms with Gasteiger partial charge < -0.3 is 4.74 Å². The van der Waals surface area contributed by atoms with Crippen LogP contribution in [0, 0.1) is 5.41 Å². The SMILES string of the molecule is COc1cccc(-c2csc(CC(C)(C)C)n2)c1. The highest BCUT2D eigenvalue weighted by molar-refractivity contribution is 7.09. The summed E-state index contributed by atoms with van der Waals surface area (Å²) in [5.41, 5.74) is 2.44. The van der Waals surface area contributed by atoms with Gasteiger partial charge in [0.15, 0.2) is 0 Å². The number of ether oxygens (including phenoxy) is 1. The average Bonchev–Trinajstić information content (AvgIpc) is 2.75. The Balaban J connectivity index is 2.23. The molecule has 0 N–H and O–H groups in total. The number of nitrogens with zero attached hydrogens (tertiary/aromatic N) is 1. The normalized spacial score (nSPS) is 11.6. The topological polar surface area (TPSA) is 22.1 Å². The molecule has 96 valence electrons. The van der Waals surface area contributed by atoms with Gasteiger partial charge in [-0.15, -0.1) is 11.3 Å². The molecule has 0 spiro atoms. The van der Waals surface area contributed by atoms with Gasteiger partial charge in [-0.2, -0.15) is 0 Å². The average molecular weight is 261 g/mol. The Morgan fingerprint density at radius 1 is 1.28 bits per heavy atom. The molecule has 0 bridgehead atoms. The van der Waals surface area contributed by atoms with Crippen LogP contribution in [0.25, 0.3) is 11.3 Å². The smallest absolute Gasteiger partial charge is 0.119 e. The lowest BCUT2D eigenvalue weighted by molar-refractivity contribution is 0.410. The number of thiazole rings is 1. The summed E-state index contributed by atoms with van der Waals surface area (Å²) in [4.78, 5) is 4.70. The quantitative estimate of drug-likeness (QED) is 0.816. The van der Waals surface area contributed by atoms with Gasteiger partial charge in [0.25, 0.3) is 0 Å². The molecule has 0 aliphatic heterocycles. The molecular weight excluding hydrogens is 242 g/mol. The third-order valence-electron chi connectivity index (χ3n) is 2.60. The number of rotatable bonds is 3. The van der Waals surface area contributed by atoms with Crippen molar-refractivity contribution in [1.29, 1.82) is 0 Å². The standard InChI is InChI=1S/C15H19NOS/c1-15(2,3)9-14-16-13(10-18-14)11-6-5-7-12(8-11)17-4/h5-8,10H,9H2,1-4H3. The molecule has 0 aliphatic rings. The first-order chi connectivity index (χ1) is 8.48. The summed E-state index contributed by atoms with van der Waals surface area (Å²) in [6, 6.07) is 8.04. The van der Waals surface area contributed by atoms with Crippen LogP contribution in [-0.2, 0) is 6.42 Å². The summed E-state index contributed by atoms with van der Waals surface area (Å²) >= 11 is 1.73. The molecule has 0 unspecified atom stereocenters. The Bertz CT molecular complexity index is 525. The van der Waals surface area contributed by atoms with Gasteiger partial charge in [-0.25, -0.2) is 4.98 Å². The van der Waals surface area contributed by atoms with Gasteiger partial charge >= 0.3 is 0 Å². The highest BCUT2D eigenvalue weighted by Crippen LogP contribution is 2.28. The molecule has 0 fully saturated rings. The van der Waals surface area contributed by atoms with Crippen LogP contribution in [0.3, 0.4) is 0 Å². The van der Waals surface area contributed by atoms with Crippen molar-refractivity contribution < 1.29 is 4.74 Å². The minimum atomic E-state index is 0.281. The summed E-state index contributed by atoms with van der Waals surface area (Å²) in [5, 5.41) is 3.32. The highest BCUT2D eigenvalue weighted by atomic mass is 32.1. The largest absolute Gasteiger partial charge is 0.497 e. The summed E-state index contributed by atoms with van der Waals surface area (Å²) in [5.74, 6) is 0.873. The van der Waals surface area contributed by atoms with Crippen molar-refractivity contribution in [1.82, 2.24) is 4.98 Å². The molecule has 2 rings (SSSR count). The molecule has 0 radical (unpaired) electrons. The van der Waals surface area contributed by atoms with Gasteiger partial charge in [-0.05, 0) is 17.5 Å². The lowest BCUT2D eigenvalue weighted by Crippen LogP contribution is -2.08. The molecule has 0 saturated heterocycles. The number of hydrogen-bond donors (Lipinski definition) is 0. The van der Waals surface area contributed by atoms with E-state index in [2.05, 4.69) is 32.2 Å². The van der Waals surface area contributed by atoms with E-state index in [1.165, 1.54) is 5.01 Å². The maximum absolute atomic E-state index is 5.24. The number of methoxy groups -OCH3 is 1. The Hall–Kier alpha value is -1.35. The first kappa shape index (κ1) is 13.1. The zero-order valence-corrected chi connectivity index (χ0v) is 12.2. The van der Waals surface area contributed by atoms with Crippen molar-refractivity contribution >= 4 is 11.3 Å². The van der Waals surface area contributed by atoms with Crippen molar-refractivity contribution in [3.8, 4) is 17.0 Å². The van der Waals surface area contributed by atoms with Crippen LogP contribution < -0.4 is 4.74 Å². The highest BCUT2D eigenvalue weighted by Gasteiger charge is 2.14. The number of hydrogen-bond acceptors (Lipinski definition) is 3. The predicted molar refractivity (Wildman–Crippen MR) is 77.3 cm³/mol. The molecular formula is C15H19NOS. The first-order valence-electron chi connectivity index (χ1n) is 6.07. The minimum absolute atomic E-state index is 0.281. The zero-order chi connectivity index (χ0) is 13.2. The fourth-order valence-electron chi connectivity index (χ4n) is 1.76. The summed E-state index contributed by atoms with van der Waals surface area (Å²) in [6.45, 7) is 6.71. The maximum atomic E-state index is 5.24. The molecule has 0 amide bonds. The van der Waals surface area contributed by atoms with Crippen LogP contribution in [0.4, 0.5) is 0 Å². The van der Waals surface area contributed by atoms with Gasteiger partial charge in [-0.3, -0.25) is 0 Å². The van der Waals surface area contributed by atoms with Gasteiger partial charge in [0.05, 0.1) is 17.8 Å². The van der Waals surface area contributed by atoms with Gasteiger partial charge in [0.1, 0.15) is 5.75 Å². The van der Waals surface area contributed by atoms with E-state index in [9.17, 15) is 0 Å². The van der Waals surface area contributed by atoms with Crippen LogP contribution in [0.1, 0.15) is 25.8 Å². The van der Waals surface area contributed by atoms with Crippen molar-refractivity contribution in [2.75, 3.05) is 7.11 Å². The molecule has 1 aromatic heterocycles. The molecule has 3 heteroatoms. The molecule has 0 atom stereocenters. The van der Waals surface area contributed by atoms with Crippen LogP contribution >= 0.6 is 11.3 Å². The Morgan fingerprint density at radius 3 is 2.72 bits per heavy atom. The van der Waals surface area contributed by atoms with Gasteiger partial charge in [-0.1, -0.05) is 32.9 Å². The second kappa shape index (κ2) is 5.11. The lowest BCUT2D eigenvalue weighted by Gasteiger charge is -2.15. The summed E-state index contributed by atoms with van der Waals surface area (Å²) in [7, 11) is 1.69. The molecule has 1 aromatic carbocycles. The van der Waals surface area contributed by atoms with E-state index in [1.54, 1.807) is 18.4 Å². The van der Waals surface area contributed by atoms with Crippen molar-refractivity contribution in [3.63, 3.8) is 0 Å². The maximum Gasteiger partial charge on any atom is 0.119 e. The minimum Gasteiger partial charge on any atom is -0.497 e. The Kier molecular flexibility index (Phi) is 3.71. The summed E-state index contributed by atoms with van der Waals surface area (Å²) < 4.78 is 5.24. The third kappa shape index (κ3) is 3.33. The fraction of sp³-hybridized carbons (Fsp3) is 0.400. The molecule has 2 nitrogen and oxygen atoms in total. The molecule has 1 heterocycles. The van der Waals surface area contributed by atoms with Gasteiger partial charge in [0, 0.05) is 17.4 Å². The van der Waals surface area contributed by atoms with E-state index < -0.39 is 0 Å². The van der Waals surface area contributed by atoms with Crippen LogP contribution in [0.2, 0.25) is 0 Å². The van der Waals surface area contributed by atoms with Crippen molar-refractivity contribution in [2.45, 2.75) is 27.2 Å². The predicted octanol–water partition coefficient (Wildman–Crippen LogP) is 4.41. The zero-order valence-electron chi connectivity index (χ0n) is 11.4. The first-order valence-corrected chi connectivity index (χ1v) is 6.95. The molecule has 2 aromatic rings. The van der Waals surface area contributed by atoms with Gasteiger partial charge in [0.2, 0.25) is 0 Å². The second-order valence-corrected chi connectivity index (χ2v) is 6.54. The summed E-state index contributed by atoms with van der Waals surface area (Å²) in [6.07, 6.45) is 1.02. The molecule has 18 heavy (non-hydrogen) atoms. The fourth-order valence-corrected chi connectivity index (χ4v) is 2.86. The van der Waals surface area contributed by atoms with Crippen molar-refractivity contribution in [2.24, 2.45) is 5.41 Å². The molecule has 0 aliphatic carbocycles. The van der Waals surface area contributed by atoms with E-state index in [0.717, 1.165) is 23.4 Å². The van der Waals surface area contributed by atoms with Crippen molar-refractivity contribution in [3.05, 3.63) is 34.7 Å². The van der Waals surface area contributed by atoms with E-state index in [1.807, 2.05) is 18.2 Å². The van der Waals surface area contributed by atoms with E-state index in [-0.39, 0.29) is 5.41 Å². The van der Waals surface area contributed by atoms with E-state index >= 15 is 0 Å².